The smallest absolute Gasteiger partial charge is 0.227 e. The van der Waals surface area contributed by atoms with E-state index >= 15 is 0 Å². The van der Waals surface area contributed by atoms with Gasteiger partial charge in [0.05, 0.1) is 18.4 Å². The first kappa shape index (κ1) is 16.5. The second-order valence-electron chi connectivity index (χ2n) is 6.59. The van der Waals surface area contributed by atoms with Crippen LogP contribution in [0.1, 0.15) is 30.5 Å². The molecule has 0 spiro atoms. The fraction of sp³-hybridized carbons (Fsp3) is 0.765. The molecule has 1 saturated heterocycles. The zero-order valence-electron chi connectivity index (χ0n) is 14.5. The first-order valence-electron chi connectivity index (χ1n) is 8.61. The van der Waals surface area contributed by atoms with Crippen LogP contribution in [0.5, 0.6) is 0 Å². The molecule has 2 aliphatic rings. The largest absolute Gasteiger partial charge is 0.385 e. The molecule has 1 fully saturated rings. The van der Waals surface area contributed by atoms with Gasteiger partial charge < -0.3 is 19.3 Å². The number of aromatic nitrogens is 2. The second kappa shape index (κ2) is 7.45. The van der Waals surface area contributed by atoms with Crippen molar-refractivity contribution >= 4 is 11.8 Å². The molecule has 6 heteroatoms. The molecular formula is C17H28N4O2. The van der Waals surface area contributed by atoms with Crippen molar-refractivity contribution < 1.29 is 9.47 Å². The van der Waals surface area contributed by atoms with E-state index < -0.39 is 0 Å². The lowest BCUT2D eigenvalue weighted by Crippen LogP contribution is -2.44. The van der Waals surface area contributed by atoms with Crippen molar-refractivity contribution in [1.29, 1.82) is 0 Å². The van der Waals surface area contributed by atoms with Crippen LogP contribution in [0.15, 0.2) is 0 Å². The predicted molar refractivity (Wildman–Crippen MR) is 91.4 cm³/mol. The predicted octanol–water partition coefficient (Wildman–Crippen LogP) is 1.66. The van der Waals surface area contributed by atoms with Crippen molar-refractivity contribution in [1.82, 2.24) is 9.97 Å². The van der Waals surface area contributed by atoms with E-state index in [1.165, 1.54) is 24.1 Å². The molecule has 0 unspecified atom stereocenters. The van der Waals surface area contributed by atoms with Crippen LogP contribution in [0.2, 0.25) is 0 Å². The van der Waals surface area contributed by atoms with Crippen molar-refractivity contribution in [2.75, 3.05) is 57.3 Å². The van der Waals surface area contributed by atoms with Gasteiger partial charge in [0, 0.05) is 46.5 Å². The van der Waals surface area contributed by atoms with Gasteiger partial charge in [0.25, 0.3) is 0 Å². The molecule has 1 atom stereocenters. The summed E-state index contributed by atoms with van der Waals surface area (Å²) in [5.41, 5.74) is 2.60. The number of aryl methyl sites for hydroxylation is 1. The van der Waals surface area contributed by atoms with Crippen molar-refractivity contribution in [3.8, 4) is 0 Å². The molecule has 1 aliphatic carbocycles. The van der Waals surface area contributed by atoms with Gasteiger partial charge in [-0.3, -0.25) is 0 Å². The molecule has 0 aromatic carbocycles. The maximum atomic E-state index is 5.88. The fourth-order valence-corrected chi connectivity index (χ4v) is 3.36. The average Bonchev–Trinajstić information content (AvgIpc) is 2.59. The molecule has 1 aromatic rings. The SMILES string of the molecule is COCC[C@@H]1CN(c2nc(N(C)C)nc3c2CCCC3)CCO1. The van der Waals surface area contributed by atoms with Gasteiger partial charge in [-0.1, -0.05) is 0 Å². The van der Waals surface area contributed by atoms with Gasteiger partial charge in [-0.05, 0) is 32.1 Å². The molecular weight excluding hydrogens is 292 g/mol. The summed E-state index contributed by atoms with van der Waals surface area (Å²) in [5.74, 6) is 1.95. The third-order valence-electron chi connectivity index (χ3n) is 4.63. The summed E-state index contributed by atoms with van der Waals surface area (Å²) >= 11 is 0. The van der Waals surface area contributed by atoms with Crippen LogP contribution in [0.3, 0.4) is 0 Å². The first-order valence-corrected chi connectivity index (χ1v) is 8.61. The number of fused-ring (bicyclic) bond motifs is 1. The van der Waals surface area contributed by atoms with E-state index in [0.717, 1.165) is 57.3 Å². The molecule has 0 amide bonds. The Balaban J connectivity index is 1.86. The molecule has 2 heterocycles. The summed E-state index contributed by atoms with van der Waals surface area (Å²) in [5, 5.41) is 0. The Morgan fingerprint density at radius 2 is 2.09 bits per heavy atom. The van der Waals surface area contributed by atoms with Gasteiger partial charge in [0.15, 0.2) is 0 Å². The van der Waals surface area contributed by atoms with Gasteiger partial charge in [0.1, 0.15) is 5.82 Å². The molecule has 23 heavy (non-hydrogen) atoms. The van der Waals surface area contributed by atoms with Gasteiger partial charge in [-0.15, -0.1) is 0 Å². The zero-order chi connectivity index (χ0) is 16.2. The Kier molecular flexibility index (Phi) is 5.33. The maximum absolute atomic E-state index is 5.88. The Hall–Kier alpha value is -1.40. The normalized spacial score (nSPS) is 21.2. The number of morpholine rings is 1. The monoisotopic (exact) mass is 320 g/mol. The van der Waals surface area contributed by atoms with Crippen LogP contribution in [0, 0.1) is 0 Å². The molecule has 0 radical (unpaired) electrons. The highest BCUT2D eigenvalue weighted by Gasteiger charge is 2.26. The number of hydrogen-bond donors (Lipinski definition) is 0. The molecule has 1 aromatic heterocycles. The minimum Gasteiger partial charge on any atom is -0.385 e. The van der Waals surface area contributed by atoms with E-state index in [9.17, 15) is 0 Å². The standard InChI is InChI=1S/C17H28N4O2/c1-20(2)17-18-15-7-5-4-6-14(15)16(19-17)21-9-11-23-13(12-21)8-10-22-3/h13H,4-12H2,1-3H3/t13-/m1/s1. The molecule has 3 rings (SSSR count). The van der Waals surface area contributed by atoms with Crippen LogP contribution >= 0.6 is 0 Å². The summed E-state index contributed by atoms with van der Waals surface area (Å²) in [6.07, 6.45) is 5.79. The van der Waals surface area contributed by atoms with E-state index in [0.29, 0.717) is 0 Å². The van der Waals surface area contributed by atoms with Gasteiger partial charge >= 0.3 is 0 Å². The lowest BCUT2D eigenvalue weighted by atomic mass is 9.96. The van der Waals surface area contributed by atoms with Crippen LogP contribution in [-0.4, -0.2) is 63.6 Å². The molecule has 0 saturated carbocycles. The van der Waals surface area contributed by atoms with E-state index in [4.69, 9.17) is 19.4 Å². The zero-order valence-corrected chi connectivity index (χ0v) is 14.5. The third kappa shape index (κ3) is 3.75. The fourth-order valence-electron chi connectivity index (χ4n) is 3.36. The lowest BCUT2D eigenvalue weighted by molar-refractivity contribution is 0.0188. The number of methoxy groups -OCH3 is 1. The van der Waals surface area contributed by atoms with Crippen LogP contribution < -0.4 is 9.80 Å². The van der Waals surface area contributed by atoms with Crippen molar-refractivity contribution in [3.63, 3.8) is 0 Å². The van der Waals surface area contributed by atoms with E-state index in [2.05, 4.69) is 4.90 Å². The van der Waals surface area contributed by atoms with E-state index in [1.54, 1.807) is 7.11 Å². The maximum Gasteiger partial charge on any atom is 0.227 e. The number of rotatable bonds is 5. The number of ether oxygens (including phenoxy) is 2. The van der Waals surface area contributed by atoms with Gasteiger partial charge in [-0.2, -0.15) is 4.98 Å². The Labute approximate surface area is 138 Å². The summed E-state index contributed by atoms with van der Waals surface area (Å²) in [6.45, 7) is 3.28. The molecule has 128 valence electrons. The highest BCUT2D eigenvalue weighted by atomic mass is 16.5. The molecule has 6 nitrogen and oxygen atoms in total. The number of hydrogen-bond acceptors (Lipinski definition) is 6. The second-order valence-corrected chi connectivity index (χ2v) is 6.59. The van der Waals surface area contributed by atoms with Crippen LogP contribution in [-0.2, 0) is 22.3 Å². The minimum absolute atomic E-state index is 0.223. The van der Waals surface area contributed by atoms with Crippen molar-refractivity contribution in [3.05, 3.63) is 11.3 Å². The van der Waals surface area contributed by atoms with Crippen molar-refractivity contribution in [2.45, 2.75) is 38.2 Å². The minimum atomic E-state index is 0.223. The average molecular weight is 320 g/mol. The van der Waals surface area contributed by atoms with Crippen molar-refractivity contribution in [2.24, 2.45) is 0 Å². The van der Waals surface area contributed by atoms with Crippen LogP contribution in [0.4, 0.5) is 11.8 Å². The van der Waals surface area contributed by atoms with E-state index in [1.807, 2.05) is 19.0 Å². The Morgan fingerprint density at radius 1 is 1.26 bits per heavy atom. The quantitative estimate of drug-likeness (QED) is 0.822. The third-order valence-corrected chi connectivity index (χ3v) is 4.63. The summed E-state index contributed by atoms with van der Waals surface area (Å²) in [6, 6.07) is 0. The Morgan fingerprint density at radius 3 is 2.87 bits per heavy atom. The van der Waals surface area contributed by atoms with Crippen LogP contribution in [0.25, 0.3) is 0 Å². The summed E-state index contributed by atoms with van der Waals surface area (Å²) in [7, 11) is 5.76. The van der Waals surface area contributed by atoms with Gasteiger partial charge in [-0.25, -0.2) is 4.98 Å². The molecule has 0 N–H and O–H groups in total. The van der Waals surface area contributed by atoms with E-state index in [-0.39, 0.29) is 6.10 Å². The Bertz CT molecular complexity index is 536. The summed E-state index contributed by atoms with van der Waals surface area (Å²) in [4.78, 5) is 14.0. The highest BCUT2D eigenvalue weighted by molar-refractivity contribution is 5.54. The number of anilines is 2. The topological polar surface area (TPSA) is 50.7 Å². The molecule has 0 bridgehead atoms. The summed E-state index contributed by atoms with van der Waals surface area (Å²) < 4.78 is 11.1. The molecule has 1 aliphatic heterocycles. The van der Waals surface area contributed by atoms with Gasteiger partial charge in [0.2, 0.25) is 5.95 Å². The first-order chi connectivity index (χ1) is 11.2. The highest BCUT2D eigenvalue weighted by Crippen LogP contribution is 2.30. The number of nitrogens with zero attached hydrogens (tertiary/aromatic N) is 4. The lowest BCUT2D eigenvalue weighted by Gasteiger charge is -2.36.